The first-order valence-electron chi connectivity index (χ1n) is 6.01. The lowest BCUT2D eigenvalue weighted by Crippen LogP contribution is -2.25. The molecule has 2 nitrogen and oxygen atoms in total. The Kier molecular flexibility index (Phi) is 6.78. The molecule has 0 radical (unpaired) electrons. The maximum atomic E-state index is 5.95. The third kappa shape index (κ3) is 5.19. The van der Waals surface area contributed by atoms with Crippen molar-refractivity contribution in [2.75, 3.05) is 31.1 Å². The molecule has 0 aromatic heterocycles. The number of benzene rings is 1. The SMILES string of the molecule is CCN(CC)CCSCc1cc(Cl)ccc1N. The summed E-state index contributed by atoms with van der Waals surface area (Å²) < 4.78 is 0. The highest BCUT2D eigenvalue weighted by atomic mass is 35.5. The van der Waals surface area contributed by atoms with Gasteiger partial charge in [-0.3, -0.25) is 0 Å². The van der Waals surface area contributed by atoms with Gasteiger partial charge < -0.3 is 10.6 Å². The average Bonchev–Trinajstić information content (AvgIpc) is 2.33. The molecule has 0 unspecified atom stereocenters. The second-order valence-electron chi connectivity index (χ2n) is 3.92. The highest BCUT2D eigenvalue weighted by Crippen LogP contribution is 2.22. The maximum absolute atomic E-state index is 5.95. The van der Waals surface area contributed by atoms with E-state index in [1.54, 1.807) is 0 Å². The van der Waals surface area contributed by atoms with Crippen LogP contribution in [-0.2, 0) is 5.75 Å². The molecule has 1 rings (SSSR count). The lowest BCUT2D eigenvalue weighted by Gasteiger charge is -2.17. The Hall–Kier alpha value is -0.380. The van der Waals surface area contributed by atoms with Crippen molar-refractivity contribution >= 4 is 29.1 Å². The van der Waals surface area contributed by atoms with E-state index in [0.29, 0.717) is 0 Å². The van der Waals surface area contributed by atoms with Gasteiger partial charge in [-0.2, -0.15) is 11.8 Å². The molecule has 0 aliphatic rings. The lowest BCUT2D eigenvalue weighted by atomic mass is 10.2. The Bertz CT molecular complexity index is 340. The van der Waals surface area contributed by atoms with Gasteiger partial charge in [0.25, 0.3) is 0 Å². The number of nitrogens with zero attached hydrogens (tertiary/aromatic N) is 1. The molecule has 96 valence electrons. The third-order valence-corrected chi connectivity index (χ3v) is 4.03. The number of hydrogen-bond acceptors (Lipinski definition) is 3. The topological polar surface area (TPSA) is 29.3 Å². The van der Waals surface area contributed by atoms with Crippen LogP contribution in [0.15, 0.2) is 18.2 Å². The van der Waals surface area contributed by atoms with Gasteiger partial charge in [0.15, 0.2) is 0 Å². The summed E-state index contributed by atoms with van der Waals surface area (Å²) in [5, 5.41) is 0.763. The summed E-state index contributed by atoms with van der Waals surface area (Å²) >= 11 is 7.86. The predicted octanol–water partition coefficient (Wildman–Crippen LogP) is 3.50. The average molecular weight is 273 g/mol. The molecule has 1 aromatic carbocycles. The highest BCUT2D eigenvalue weighted by Gasteiger charge is 2.02. The van der Waals surface area contributed by atoms with Crippen LogP contribution in [0.1, 0.15) is 19.4 Å². The number of halogens is 1. The van der Waals surface area contributed by atoms with Crippen molar-refractivity contribution in [2.24, 2.45) is 0 Å². The van der Waals surface area contributed by atoms with E-state index >= 15 is 0 Å². The van der Waals surface area contributed by atoms with Crippen LogP contribution < -0.4 is 5.73 Å². The lowest BCUT2D eigenvalue weighted by molar-refractivity contribution is 0.324. The zero-order valence-electron chi connectivity index (χ0n) is 10.6. The van der Waals surface area contributed by atoms with Gasteiger partial charge in [-0.1, -0.05) is 25.4 Å². The normalized spacial score (nSPS) is 11.1. The van der Waals surface area contributed by atoms with Crippen molar-refractivity contribution < 1.29 is 0 Å². The van der Waals surface area contributed by atoms with Crippen LogP contribution in [0.2, 0.25) is 5.02 Å². The second kappa shape index (κ2) is 7.85. The van der Waals surface area contributed by atoms with Crippen molar-refractivity contribution in [1.82, 2.24) is 4.90 Å². The third-order valence-electron chi connectivity index (χ3n) is 2.81. The van der Waals surface area contributed by atoms with Gasteiger partial charge in [-0.25, -0.2) is 0 Å². The molecule has 2 N–H and O–H groups in total. The van der Waals surface area contributed by atoms with E-state index in [9.17, 15) is 0 Å². The van der Waals surface area contributed by atoms with Crippen molar-refractivity contribution in [2.45, 2.75) is 19.6 Å². The summed E-state index contributed by atoms with van der Waals surface area (Å²) in [6, 6.07) is 5.67. The van der Waals surface area contributed by atoms with Gasteiger partial charge in [0.1, 0.15) is 0 Å². The minimum Gasteiger partial charge on any atom is -0.398 e. The minimum atomic E-state index is 0.763. The molecule has 17 heavy (non-hydrogen) atoms. The molecule has 0 aliphatic heterocycles. The van der Waals surface area contributed by atoms with Crippen LogP contribution in [0, 0.1) is 0 Å². The standard InChI is InChI=1S/C13H21ClN2S/c1-3-16(4-2)7-8-17-10-11-9-12(14)5-6-13(11)15/h5-6,9H,3-4,7-8,10,15H2,1-2H3. The second-order valence-corrected chi connectivity index (χ2v) is 5.46. The first kappa shape index (κ1) is 14.7. The number of hydrogen-bond donors (Lipinski definition) is 1. The quantitative estimate of drug-likeness (QED) is 0.609. The number of nitrogen functional groups attached to an aromatic ring is 1. The van der Waals surface area contributed by atoms with Crippen LogP contribution >= 0.6 is 23.4 Å². The van der Waals surface area contributed by atoms with Crippen LogP contribution in [0.25, 0.3) is 0 Å². The Morgan fingerprint density at radius 1 is 1.29 bits per heavy atom. The molecule has 0 heterocycles. The first-order chi connectivity index (χ1) is 8.17. The summed E-state index contributed by atoms with van der Waals surface area (Å²) in [5.74, 6) is 2.07. The van der Waals surface area contributed by atoms with E-state index in [4.69, 9.17) is 17.3 Å². The Balaban J connectivity index is 2.33. The fraction of sp³-hybridized carbons (Fsp3) is 0.538. The molecule has 0 fully saturated rings. The van der Waals surface area contributed by atoms with E-state index in [2.05, 4.69) is 18.7 Å². The summed E-state index contributed by atoms with van der Waals surface area (Å²) in [6.45, 7) is 7.77. The van der Waals surface area contributed by atoms with Crippen LogP contribution in [0.4, 0.5) is 5.69 Å². The zero-order valence-corrected chi connectivity index (χ0v) is 12.2. The number of rotatable bonds is 7. The van der Waals surface area contributed by atoms with Gasteiger partial charge in [0.2, 0.25) is 0 Å². The van der Waals surface area contributed by atoms with Crippen molar-refractivity contribution in [3.63, 3.8) is 0 Å². The zero-order chi connectivity index (χ0) is 12.7. The summed E-state index contributed by atoms with van der Waals surface area (Å²) in [6.07, 6.45) is 0. The molecule has 0 saturated carbocycles. The molecule has 1 aromatic rings. The molecular weight excluding hydrogens is 252 g/mol. The molecule has 4 heteroatoms. The molecule has 0 atom stereocenters. The first-order valence-corrected chi connectivity index (χ1v) is 7.54. The summed E-state index contributed by atoms with van der Waals surface area (Å²) in [5.41, 5.74) is 7.88. The number of nitrogens with two attached hydrogens (primary N) is 1. The maximum Gasteiger partial charge on any atom is 0.0410 e. The van der Waals surface area contributed by atoms with Crippen molar-refractivity contribution in [1.29, 1.82) is 0 Å². The smallest absolute Gasteiger partial charge is 0.0410 e. The van der Waals surface area contributed by atoms with Crippen molar-refractivity contribution in [3.05, 3.63) is 28.8 Å². The summed E-state index contributed by atoms with van der Waals surface area (Å²) in [7, 11) is 0. The Morgan fingerprint density at radius 2 is 2.00 bits per heavy atom. The van der Waals surface area contributed by atoms with Crippen LogP contribution in [0.5, 0.6) is 0 Å². The fourth-order valence-electron chi connectivity index (χ4n) is 1.61. The van der Waals surface area contributed by atoms with E-state index < -0.39 is 0 Å². The minimum absolute atomic E-state index is 0.763. The van der Waals surface area contributed by atoms with E-state index in [0.717, 1.165) is 47.4 Å². The number of thioether (sulfide) groups is 1. The predicted molar refractivity (Wildman–Crippen MR) is 79.8 cm³/mol. The van der Waals surface area contributed by atoms with E-state index in [1.807, 2.05) is 30.0 Å². The van der Waals surface area contributed by atoms with Crippen LogP contribution in [0.3, 0.4) is 0 Å². The van der Waals surface area contributed by atoms with Gasteiger partial charge in [-0.05, 0) is 36.9 Å². The Labute approximate surface area is 114 Å². The molecular formula is C13H21ClN2S. The van der Waals surface area contributed by atoms with Gasteiger partial charge >= 0.3 is 0 Å². The van der Waals surface area contributed by atoms with E-state index in [-0.39, 0.29) is 0 Å². The summed E-state index contributed by atoms with van der Waals surface area (Å²) in [4.78, 5) is 2.42. The molecule has 0 saturated heterocycles. The molecule has 0 aliphatic carbocycles. The number of anilines is 1. The molecule has 0 amide bonds. The largest absolute Gasteiger partial charge is 0.398 e. The Morgan fingerprint density at radius 3 is 2.65 bits per heavy atom. The highest BCUT2D eigenvalue weighted by molar-refractivity contribution is 7.98. The van der Waals surface area contributed by atoms with Gasteiger partial charge in [0.05, 0.1) is 0 Å². The van der Waals surface area contributed by atoms with Gasteiger partial charge in [0, 0.05) is 28.8 Å². The van der Waals surface area contributed by atoms with E-state index in [1.165, 1.54) is 0 Å². The monoisotopic (exact) mass is 272 g/mol. The fourth-order valence-corrected chi connectivity index (χ4v) is 2.81. The van der Waals surface area contributed by atoms with Crippen molar-refractivity contribution in [3.8, 4) is 0 Å². The molecule has 0 spiro atoms. The molecule has 0 bridgehead atoms. The van der Waals surface area contributed by atoms with Crippen LogP contribution in [-0.4, -0.2) is 30.3 Å². The van der Waals surface area contributed by atoms with Gasteiger partial charge in [-0.15, -0.1) is 0 Å².